The SMILES string of the molecule is CC(C)[C@H](N)C(=O)NCC(=O)NCc1ccn2ccnc2c1.Cl.Cl. The van der Waals surface area contributed by atoms with Crippen LogP contribution in [0, 0.1) is 5.92 Å². The van der Waals surface area contributed by atoms with Crippen molar-refractivity contribution < 1.29 is 9.59 Å². The molecule has 0 aliphatic rings. The minimum absolute atomic E-state index is 0. The Morgan fingerprint density at radius 3 is 2.62 bits per heavy atom. The minimum Gasteiger partial charge on any atom is -0.350 e. The van der Waals surface area contributed by atoms with Gasteiger partial charge in [-0.2, -0.15) is 0 Å². The second-order valence-corrected chi connectivity index (χ2v) is 5.49. The van der Waals surface area contributed by atoms with E-state index >= 15 is 0 Å². The summed E-state index contributed by atoms with van der Waals surface area (Å²) in [5.74, 6) is -0.541. The van der Waals surface area contributed by atoms with E-state index in [9.17, 15) is 9.59 Å². The maximum atomic E-state index is 11.7. The lowest BCUT2D eigenvalue weighted by atomic mass is 10.1. The summed E-state index contributed by atoms with van der Waals surface area (Å²) in [6.45, 7) is 4.02. The van der Waals surface area contributed by atoms with Gasteiger partial charge in [0.05, 0.1) is 12.6 Å². The summed E-state index contributed by atoms with van der Waals surface area (Å²) in [6, 6.07) is 3.20. The molecule has 2 rings (SSSR count). The summed E-state index contributed by atoms with van der Waals surface area (Å²) >= 11 is 0. The lowest BCUT2D eigenvalue weighted by Crippen LogP contribution is -2.47. The van der Waals surface area contributed by atoms with Gasteiger partial charge in [0.1, 0.15) is 5.65 Å². The van der Waals surface area contributed by atoms with E-state index in [0.29, 0.717) is 6.54 Å². The molecule has 134 valence electrons. The van der Waals surface area contributed by atoms with E-state index in [1.165, 1.54) is 0 Å². The Balaban J connectivity index is 0.00000264. The summed E-state index contributed by atoms with van der Waals surface area (Å²) in [4.78, 5) is 27.6. The molecule has 2 amide bonds. The zero-order chi connectivity index (χ0) is 16.1. The van der Waals surface area contributed by atoms with Gasteiger partial charge in [0.25, 0.3) is 0 Å². The van der Waals surface area contributed by atoms with Gasteiger partial charge < -0.3 is 20.8 Å². The average molecular weight is 376 g/mol. The first-order valence-electron chi connectivity index (χ1n) is 7.19. The number of nitrogens with two attached hydrogens (primary N) is 1. The number of nitrogens with one attached hydrogen (secondary N) is 2. The van der Waals surface area contributed by atoms with Crippen LogP contribution in [0.15, 0.2) is 30.7 Å². The minimum atomic E-state index is -0.601. The van der Waals surface area contributed by atoms with Crippen molar-refractivity contribution >= 4 is 42.3 Å². The van der Waals surface area contributed by atoms with Gasteiger partial charge in [-0.15, -0.1) is 24.8 Å². The fraction of sp³-hybridized carbons (Fsp3) is 0.400. The Morgan fingerprint density at radius 2 is 1.96 bits per heavy atom. The molecule has 0 aromatic carbocycles. The molecule has 2 heterocycles. The lowest BCUT2D eigenvalue weighted by Gasteiger charge is -2.15. The van der Waals surface area contributed by atoms with Gasteiger partial charge in [0.2, 0.25) is 11.8 Å². The number of hydrogen-bond donors (Lipinski definition) is 3. The normalized spacial score (nSPS) is 11.3. The number of amides is 2. The Labute approximate surface area is 153 Å². The quantitative estimate of drug-likeness (QED) is 0.697. The monoisotopic (exact) mass is 375 g/mol. The van der Waals surface area contributed by atoms with Crippen molar-refractivity contribution in [2.24, 2.45) is 11.7 Å². The van der Waals surface area contributed by atoms with Crippen molar-refractivity contribution in [1.82, 2.24) is 20.0 Å². The number of nitrogens with zero attached hydrogens (tertiary/aromatic N) is 2. The molecule has 0 bridgehead atoms. The molecular weight excluding hydrogens is 353 g/mol. The van der Waals surface area contributed by atoms with Crippen LogP contribution in [0.3, 0.4) is 0 Å². The Hall–Kier alpha value is -1.83. The first-order valence-corrected chi connectivity index (χ1v) is 7.19. The lowest BCUT2D eigenvalue weighted by molar-refractivity contribution is -0.127. The third-order valence-electron chi connectivity index (χ3n) is 3.40. The third-order valence-corrected chi connectivity index (χ3v) is 3.40. The number of aromatic nitrogens is 2. The third kappa shape index (κ3) is 5.99. The number of imidazole rings is 1. The number of hydrogen-bond acceptors (Lipinski definition) is 4. The largest absolute Gasteiger partial charge is 0.350 e. The number of carbonyl (C=O) groups excluding carboxylic acids is 2. The first-order chi connectivity index (χ1) is 10.5. The fourth-order valence-corrected chi connectivity index (χ4v) is 1.91. The topological polar surface area (TPSA) is 102 Å². The second-order valence-electron chi connectivity index (χ2n) is 5.49. The van der Waals surface area contributed by atoms with Crippen LogP contribution in [-0.4, -0.2) is 33.8 Å². The molecule has 2 aromatic rings. The standard InChI is InChI=1S/C15H21N5O2.2ClH/c1-10(2)14(16)15(22)19-9-13(21)18-8-11-3-5-20-6-4-17-12(20)7-11;;/h3-7,10,14H,8-9,16H2,1-2H3,(H,18,21)(H,19,22);2*1H/t14-;;/m0../s1. The van der Waals surface area contributed by atoms with Gasteiger partial charge in [-0.3, -0.25) is 9.59 Å². The molecule has 9 heteroatoms. The van der Waals surface area contributed by atoms with Crippen molar-refractivity contribution in [2.75, 3.05) is 6.54 Å². The molecule has 24 heavy (non-hydrogen) atoms. The van der Waals surface area contributed by atoms with Crippen molar-refractivity contribution in [2.45, 2.75) is 26.4 Å². The highest BCUT2D eigenvalue weighted by Gasteiger charge is 2.17. The smallest absolute Gasteiger partial charge is 0.239 e. The van der Waals surface area contributed by atoms with E-state index in [2.05, 4.69) is 15.6 Å². The highest BCUT2D eigenvalue weighted by molar-refractivity contribution is 5.87. The van der Waals surface area contributed by atoms with Crippen LogP contribution in [-0.2, 0) is 16.1 Å². The number of fused-ring (bicyclic) bond motifs is 1. The van der Waals surface area contributed by atoms with Crippen molar-refractivity contribution in [3.63, 3.8) is 0 Å². The zero-order valence-corrected chi connectivity index (χ0v) is 15.2. The van der Waals surface area contributed by atoms with E-state index < -0.39 is 6.04 Å². The van der Waals surface area contributed by atoms with E-state index in [0.717, 1.165) is 11.2 Å². The van der Waals surface area contributed by atoms with E-state index in [4.69, 9.17) is 5.73 Å². The molecule has 4 N–H and O–H groups in total. The molecule has 0 aliphatic heterocycles. The van der Waals surface area contributed by atoms with Crippen LogP contribution in [0.5, 0.6) is 0 Å². The van der Waals surface area contributed by atoms with Crippen LogP contribution in [0.4, 0.5) is 0 Å². The molecule has 0 spiro atoms. The molecule has 0 unspecified atom stereocenters. The summed E-state index contributed by atoms with van der Waals surface area (Å²) in [7, 11) is 0. The Kier molecular flexibility index (Phi) is 9.35. The van der Waals surface area contributed by atoms with Gasteiger partial charge in [0.15, 0.2) is 0 Å². The molecule has 1 atom stereocenters. The molecule has 0 fully saturated rings. The van der Waals surface area contributed by atoms with Crippen LogP contribution in [0.1, 0.15) is 19.4 Å². The maximum absolute atomic E-state index is 11.7. The second kappa shape index (κ2) is 10.1. The van der Waals surface area contributed by atoms with E-state index in [-0.39, 0.29) is 49.1 Å². The summed E-state index contributed by atoms with van der Waals surface area (Å²) in [5.41, 5.74) is 7.46. The number of pyridine rings is 1. The van der Waals surface area contributed by atoms with Gasteiger partial charge in [-0.1, -0.05) is 13.8 Å². The van der Waals surface area contributed by atoms with Crippen LogP contribution >= 0.6 is 24.8 Å². The van der Waals surface area contributed by atoms with Gasteiger partial charge >= 0.3 is 0 Å². The Bertz CT molecular complexity index is 675. The Morgan fingerprint density at radius 1 is 1.25 bits per heavy atom. The summed E-state index contributed by atoms with van der Waals surface area (Å²) in [6.07, 6.45) is 5.45. The van der Waals surface area contributed by atoms with Gasteiger partial charge in [0, 0.05) is 25.1 Å². The summed E-state index contributed by atoms with van der Waals surface area (Å²) in [5, 5.41) is 5.28. The fourth-order valence-electron chi connectivity index (χ4n) is 1.91. The molecular formula is C15H23Cl2N5O2. The van der Waals surface area contributed by atoms with Crippen LogP contribution in [0.25, 0.3) is 5.65 Å². The number of rotatable bonds is 6. The highest BCUT2D eigenvalue weighted by atomic mass is 35.5. The number of halogens is 2. The van der Waals surface area contributed by atoms with Crippen LogP contribution < -0.4 is 16.4 Å². The summed E-state index contributed by atoms with van der Waals surface area (Å²) < 4.78 is 1.89. The molecule has 0 saturated carbocycles. The molecule has 0 saturated heterocycles. The first kappa shape index (κ1) is 22.2. The van der Waals surface area contributed by atoms with Gasteiger partial charge in [-0.25, -0.2) is 4.98 Å². The van der Waals surface area contributed by atoms with E-state index in [1.807, 2.05) is 42.8 Å². The zero-order valence-electron chi connectivity index (χ0n) is 13.6. The number of carbonyl (C=O) groups is 2. The molecule has 0 radical (unpaired) electrons. The van der Waals surface area contributed by atoms with E-state index in [1.54, 1.807) is 6.20 Å². The highest BCUT2D eigenvalue weighted by Crippen LogP contribution is 2.04. The van der Waals surface area contributed by atoms with Crippen molar-refractivity contribution in [3.05, 3.63) is 36.3 Å². The predicted octanol–water partition coefficient (Wildman–Crippen LogP) is 0.894. The molecule has 7 nitrogen and oxygen atoms in total. The van der Waals surface area contributed by atoms with Crippen molar-refractivity contribution in [1.29, 1.82) is 0 Å². The van der Waals surface area contributed by atoms with Gasteiger partial charge in [-0.05, 0) is 23.6 Å². The molecule has 2 aromatic heterocycles. The van der Waals surface area contributed by atoms with Crippen molar-refractivity contribution in [3.8, 4) is 0 Å². The average Bonchev–Trinajstić information content (AvgIpc) is 2.97. The maximum Gasteiger partial charge on any atom is 0.239 e. The molecule has 0 aliphatic carbocycles. The van der Waals surface area contributed by atoms with Crippen LogP contribution in [0.2, 0.25) is 0 Å². The predicted molar refractivity (Wildman–Crippen MR) is 97.4 cm³/mol.